The molecule has 0 N–H and O–H groups in total. The molecule has 0 saturated heterocycles. The molecule has 0 unspecified atom stereocenters. The minimum atomic E-state index is 0.336. The number of nitrogens with zero attached hydrogens (tertiary/aromatic N) is 3. The lowest BCUT2D eigenvalue weighted by Crippen LogP contribution is -2.44. The van der Waals surface area contributed by atoms with Crippen LogP contribution in [0.15, 0.2) is 0 Å². The van der Waals surface area contributed by atoms with E-state index in [1.807, 2.05) is 0 Å². The second-order valence-corrected chi connectivity index (χ2v) is 9.02. The third kappa shape index (κ3) is 4.32. The first-order valence-corrected chi connectivity index (χ1v) is 10.7. The van der Waals surface area contributed by atoms with Gasteiger partial charge in [0.1, 0.15) is 0 Å². The molecule has 2 aliphatic rings. The van der Waals surface area contributed by atoms with E-state index in [9.17, 15) is 4.79 Å². The summed E-state index contributed by atoms with van der Waals surface area (Å²) in [6, 6.07) is 0.987. The summed E-state index contributed by atoms with van der Waals surface area (Å²) in [7, 11) is 0. The van der Waals surface area contributed by atoms with E-state index in [-0.39, 0.29) is 0 Å². The largest absolute Gasteiger partial charge is 0.336 e. The van der Waals surface area contributed by atoms with Gasteiger partial charge in [0.25, 0.3) is 0 Å². The number of amides is 1. The van der Waals surface area contributed by atoms with Gasteiger partial charge in [0, 0.05) is 29.9 Å². The number of hydrogen-bond donors (Lipinski definition) is 0. The van der Waals surface area contributed by atoms with Gasteiger partial charge >= 0.3 is 0 Å². The third-order valence-corrected chi connectivity index (χ3v) is 6.41. The summed E-state index contributed by atoms with van der Waals surface area (Å²) < 4.78 is 2.09. The maximum Gasteiger partial charge on any atom is 0.227 e. The van der Waals surface area contributed by atoms with Crippen LogP contribution in [-0.4, -0.2) is 32.7 Å². The fourth-order valence-corrected chi connectivity index (χ4v) is 4.65. The van der Waals surface area contributed by atoms with E-state index in [1.165, 1.54) is 50.6 Å². The molecule has 2 aliphatic carbocycles. The van der Waals surface area contributed by atoms with Crippen molar-refractivity contribution in [1.82, 2.24) is 14.7 Å². The zero-order valence-electron chi connectivity index (χ0n) is 17.4. The highest BCUT2D eigenvalue weighted by atomic mass is 16.2. The summed E-state index contributed by atoms with van der Waals surface area (Å²) in [6.45, 7) is 11.8. The summed E-state index contributed by atoms with van der Waals surface area (Å²) in [6.07, 6.45) is 9.20. The molecular formula is C22H37N3O. The van der Waals surface area contributed by atoms with E-state index < -0.39 is 0 Å². The molecular weight excluding hydrogens is 322 g/mol. The first-order chi connectivity index (χ1) is 12.4. The van der Waals surface area contributed by atoms with Gasteiger partial charge in [-0.25, -0.2) is 0 Å². The van der Waals surface area contributed by atoms with E-state index in [2.05, 4.69) is 44.2 Å². The Bertz CT molecular complexity index is 622. The molecule has 4 heteroatoms. The molecule has 0 spiro atoms. The van der Waals surface area contributed by atoms with Gasteiger partial charge in [0.2, 0.25) is 5.91 Å². The van der Waals surface area contributed by atoms with Crippen molar-refractivity contribution in [2.75, 3.05) is 0 Å². The Balaban J connectivity index is 1.70. The van der Waals surface area contributed by atoms with Crippen LogP contribution in [0.4, 0.5) is 0 Å². The molecule has 3 rings (SSSR count). The molecule has 1 aromatic heterocycles. The molecule has 0 atom stereocenters. The molecule has 0 bridgehead atoms. The lowest BCUT2D eigenvalue weighted by atomic mass is 9.83. The third-order valence-electron chi connectivity index (χ3n) is 6.41. The van der Waals surface area contributed by atoms with Gasteiger partial charge in [-0.1, -0.05) is 27.2 Å². The van der Waals surface area contributed by atoms with Crippen molar-refractivity contribution in [3.8, 4) is 0 Å². The van der Waals surface area contributed by atoms with Crippen molar-refractivity contribution >= 4 is 5.91 Å². The quantitative estimate of drug-likeness (QED) is 0.710. The summed E-state index contributed by atoms with van der Waals surface area (Å²) in [4.78, 5) is 15.6. The summed E-state index contributed by atoms with van der Waals surface area (Å²) in [5, 5.41) is 4.70. The van der Waals surface area contributed by atoms with Crippen LogP contribution in [0.5, 0.6) is 0 Å². The van der Waals surface area contributed by atoms with Crippen molar-refractivity contribution in [3.05, 3.63) is 17.0 Å². The van der Waals surface area contributed by atoms with Gasteiger partial charge in [-0.3, -0.25) is 9.48 Å². The number of rotatable bonds is 7. The second kappa shape index (κ2) is 8.14. The molecule has 1 aromatic rings. The fraction of sp³-hybridized carbons (Fsp3) is 0.818. The molecule has 146 valence electrons. The van der Waals surface area contributed by atoms with Crippen molar-refractivity contribution in [2.45, 2.75) is 105 Å². The van der Waals surface area contributed by atoms with E-state index in [0.717, 1.165) is 23.7 Å². The molecule has 2 fully saturated rings. The van der Waals surface area contributed by atoms with Crippen LogP contribution >= 0.6 is 0 Å². The number of aromatic nitrogens is 2. The molecule has 4 nitrogen and oxygen atoms in total. The molecule has 1 heterocycles. The zero-order chi connectivity index (χ0) is 18.8. The van der Waals surface area contributed by atoms with Crippen LogP contribution in [-0.2, 0) is 17.8 Å². The normalized spacial score (nSPS) is 23.5. The average molecular weight is 360 g/mol. The molecule has 0 aromatic carbocycles. The molecule has 26 heavy (non-hydrogen) atoms. The Morgan fingerprint density at radius 2 is 1.69 bits per heavy atom. The SMILES string of the molecule is CCC1CCC(N(C(=O)Cc2c(C)nn(CC(C)C)c2C)C2CC2)CC1. The van der Waals surface area contributed by atoms with Gasteiger partial charge in [0.15, 0.2) is 0 Å². The smallest absolute Gasteiger partial charge is 0.227 e. The average Bonchev–Trinajstić information content (AvgIpc) is 3.39. The number of carbonyl (C=O) groups is 1. The zero-order valence-corrected chi connectivity index (χ0v) is 17.4. The lowest BCUT2D eigenvalue weighted by molar-refractivity contribution is -0.134. The predicted molar refractivity (Wildman–Crippen MR) is 106 cm³/mol. The van der Waals surface area contributed by atoms with Gasteiger partial charge in [-0.05, 0) is 64.2 Å². The summed E-state index contributed by atoms with van der Waals surface area (Å²) in [5.74, 6) is 1.78. The van der Waals surface area contributed by atoms with Gasteiger partial charge in [-0.15, -0.1) is 0 Å². The summed E-state index contributed by atoms with van der Waals surface area (Å²) in [5.41, 5.74) is 3.36. The van der Waals surface area contributed by atoms with Gasteiger partial charge in [-0.2, -0.15) is 5.10 Å². The van der Waals surface area contributed by atoms with E-state index in [4.69, 9.17) is 5.10 Å². The number of hydrogen-bond acceptors (Lipinski definition) is 2. The van der Waals surface area contributed by atoms with Crippen molar-refractivity contribution < 1.29 is 4.79 Å². The van der Waals surface area contributed by atoms with E-state index in [1.54, 1.807) is 0 Å². The Morgan fingerprint density at radius 3 is 2.19 bits per heavy atom. The standard InChI is InChI=1S/C22H37N3O/c1-6-18-7-9-19(10-8-18)25(20-11-12-20)22(26)13-21-16(4)23-24(17(21)5)14-15(2)3/h15,18-20H,6-14H2,1-5H3. The van der Waals surface area contributed by atoms with Crippen LogP contribution in [0, 0.1) is 25.7 Å². The van der Waals surface area contributed by atoms with Crippen LogP contribution < -0.4 is 0 Å². The van der Waals surface area contributed by atoms with Crippen LogP contribution in [0.25, 0.3) is 0 Å². The minimum Gasteiger partial charge on any atom is -0.336 e. The molecule has 0 aliphatic heterocycles. The Hall–Kier alpha value is -1.32. The summed E-state index contributed by atoms with van der Waals surface area (Å²) >= 11 is 0. The first kappa shape index (κ1) is 19.4. The Kier molecular flexibility index (Phi) is 6.09. The van der Waals surface area contributed by atoms with Crippen molar-refractivity contribution in [2.24, 2.45) is 11.8 Å². The highest BCUT2D eigenvalue weighted by molar-refractivity contribution is 5.80. The highest BCUT2D eigenvalue weighted by Gasteiger charge is 2.38. The van der Waals surface area contributed by atoms with Crippen LogP contribution in [0.2, 0.25) is 0 Å². The van der Waals surface area contributed by atoms with E-state index in [0.29, 0.717) is 30.3 Å². The first-order valence-electron chi connectivity index (χ1n) is 10.7. The highest BCUT2D eigenvalue weighted by Crippen LogP contribution is 2.36. The van der Waals surface area contributed by atoms with Crippen LogP contribution in [0.3, 0.4) is 0 Å². The maximum absolute atomic E-state index is 13.3. The minimum absolute atomic E-state index is 0.336. The molecule has 0 radical (unpaired) electrons. The Morgan fingerprint density at radius 1 is 1.12 bits per heavy atom. The predicted octanol–water partition coefficient (Wildman–Crippen LogP) is 4.66. The lowest BCUT2D eigenvalue weighted by Gasteiger charge is -2.37. The van der Waals surface area contributed by atoms with Crippen LogP contribution in [0.1, 0.15) is 82.7 Å². The number of carbonyl (C=O) groups excluding carboxylic acids is 1. The fourth-order valence-electron chi connectivity index (χ4n) is 4.65. The molecule has 1 amide bonds. The van der Waals surface area contributed by atoms with Gasteiger partial charge in [0.05, 0.1) is 12.1 Å². The molecule has 2 saturated carbocycles. The Labute approximate surface area is 159 Å². The maximum atomic E-state index is 13.3. The van der Waals surface area contributed by atoms with Crippen molar-refractivity contribution in [1.29, 1.82) is 0 Å². The van der Waals surface area contributed by atoms with Gasteiger partial charge < -0.3 is 4.90 Å². The number of aryl methyl sites for hydroxylation is 1. The van der Waals surface area contributed by atoms with E-state index >= 15 is 0 Å². The van der Waals surface area contributed by atoms with Crippen molar-refractivity contribution in [3.63, 3.8) is 0 Å². The second-order valence-electron chi connectivity index (χ2n) is 9.02. The monoisotopic (exact) mass is 359 g/mol. The topological polar surface area (TPSA) is 38.1 Å².